The molecule has 0 aromatic rings. The maximum atomic E-state index is 5.39. The van der Waals surface area contributed by atoms with Gasteiger partial charge in [0.15, 0.2) is 6.29 Å². The summed E-state index contributed by atoms with van der Waals surface area (Å²) in [5.74, 6) is 1.56. The van der Waals surface area contributed by atoms with Gasteiger partial charge in [-0.3, -0.25) is 0 Å². The lowest BCUT2D eigenvalue weighted by molar-refractivity contribution is -0.125. The first-order valence-electron chi connectivity index (χ1n) is 8.12. The van der Waals surface area contributed by atoms with E-state index in [0.717, 1.165) is 11.8 Å². The molecule has 1 N–H and O–H groups in total. The third-order valence-electron chi connectivity index (χ3n) is 5.16. The molecule has 2 bridgehead atoms. The topological polar surface area (TPSA) is 33.7 Å². The quantitative estimate of drug-likeness (QED) is 0.757. The van der Waals surface area contributed by atoms with Gasteiger partial charge >= 0.3 is 0 Å². The molecule has 4 heteroatoms. The van der Waals surface area contributed by atoms with Crippen LogP contribution in [0.25, 0.3) is 0 Å². The first-order chi connectivity index (χ1) is 9.56. The maximum absolute atomic E-state index is 5.39. The molecule has 20 heavy (non-hydrogen) atoms. The van der Waals surface area contributed by atoms with Gasteiger partial charge < -0.3 is 19.7 Å². The van der Waals surface area contributed by atoms with Gasteiger partial charge in [-0.2, -0.15) is 0 Å². The number of fused-ring (bicyclic) bond motifs is 2. The minimum atomic E-state index is -0.154. The summed E-state index contributed by atoms with van der Waals surface area (Å²) >= 11 is 0. The summed E-state index contributed by atoms with van der Waals surface area (Å²) in [5, 5.41) is 3.81. The van der Waals surface area contributed by atoms with Gasteiger partial charge in [0, 0.05) is 39.4 Å². The highest BCUT2D eigenvalue weighted by Gasteiger charge is 2.40. The number of ether oxygens (including phenoxy) is 2. The van der Waals surface area contributed by atoms with Crippen molar-refractivity contribution in [2.75, 3.05) is 27.3 Å². The van der Waals surface area contributed by atoms with E-state index in [0.29, 0.717) is 12.1 Å². The van der Waals surface area contributed by atoms with Crippen LogP contribution in [0, 0.1) is 11.8 Å². The van der Waals surface area contributed by atoms with Crippen molar-refractivity contribution in [3.8, 4) is 0 Å². The molecule has 0 aromatic carbocycles. The Morgan fingerprint density at radius 3 is 2.00 bits per heavy atom. The predicted octanol–water partition coefficient (Wildman–Crippen LogP) is 2.09. The average Bonchev–Trinajstić information content (AvgIpc) is 2.39. The second kappa shape index (κ2) is 7.21. The fraction of sp³-hybridized carbons (Fsp3) is 1.00. The van der Waals surface area contributed by atoms with E-state index in [9.17, 15) is 0 Å². The van der Waals surface area contributed by atoms with E-state index in [1.807, 2.05) is 0 Å². The minimum absolute atomic E-state index is 0.154. The van der Waals surface area contributed by atoms with Crippen molar-refractivity contribution >= 4 is 0 Å². The van der Waals surface area contributed by atoms with Gasteiger partial charge in [0.2, 0.25) is 0 Å². The van der Waals surface area contributed by atoms with E-state index >= 15 is 0 Å². The van der Waals surface area contributed by atoms with E-state index in [-0.39, 0.29) is 12.3 Å². The molecule has 1 saturated heterocycles. The number of nitrogens with one attached hydrogen (secondary N) is 1. The van der Waals surface area contributed by atoms with Gasteiger partial charge in [0.25, 0.3) is 0 Å². The van der Waals surface area contributed by atoms with Crippen LogP contribution < -0.4 is 5.32 Å². The van der Waals surface area contributed by atoms with Gasteiger partial charge in [-0.25, -0.2) is 0 Å². The number of likely N-dealkylation sites (tertiary alicyclic amines) is 1. The molecule has 2 fully saturated rings. The Kier molecular flexibility index (Phi) is 5.84. The van der Waals surface area contributed by atoms with Crippen molar-refractivity contribution in [1.29, 1.82) is 0 Å². The molecular weight excluding hydrogens is 252 g/mol. The number of nitrogens with zero attached hydrogens (tertiary/aromatic N) is 1. The average molecular weight is 284 g/mol. The fourth-order valence-corrected chi connectivity index (χ4v) is 4.05. The summed E-state index contributed by atoms with van der Waals surface area (Å²) in [7, 11) is 3.43. The minimum Gasteiger partial charge on any atom is -0.354 e. The summed E-state index contributed by atoms with van der Waals surface area (Å²) in [6.07, 6.45) is 3.95. The van der Waals surface area contributed by atoms with Gasteiger partial charge in [-0.15, -0.1) is 0 Å². The van der Waals surface area contributed by atoms with Crippen molar-refractivity contribution in [1.82, 2.24) is 10.2 Å². The van der Waals surface area contributed by atoms with E-state index in [4.69, 9.17) is 9.47 Å². The van der Waals surface area contributed by atoms with Crippen LogP contribution in [-0.2, 0) is 9.47 Å². The van der Waals surface area contributed by atoms with Crippen LogP contribution >= 0.6 is 0 Å². The van der Waals surface area contributed by atoms with E-state index in [1.165, 1.54) is 32.4 Å². The second-order valence-electron chi connectivity index (χ2n) is 6.82. The van der Waals surface area contributed by atoms with Crippen LogP contribution in [0.3, 0.4) is 0 Å². The van der Waals surface area contributed by atoms with Crippen LogP contribution in [0.2, 0.25) is 0 Å². The fourth-order valence-electron chi connectivity index (χ4n) is 4.05. The lowest BCUT2D eigenvalue weighted by Crippen LogP contribution is -2.61. The lowest BCUT2D eigenvalue weighted by Gasteiger charge is -2.50. The van der Waals surface area contributed by atoms with Crippen molar-refractivity contribution < 1.29 is 9.47 Å². The Balaban J connectivity index is 1.98. The van der Waals surface area contributed by atoms with Crippen molar-refractivity contribution in [3.63, 3.8) is 0 Å². The zero-order valence-electron chi connectivity index (χ0n) is 13.8. The van der Waals surface area contributed by atoms with Gasteiger partial charge in [0.05, 0.1) is 6.04 Å². The monoisotopic (exact) mass is 284 g/mol. The third kappa shape index (κ3) is 3.53. The molecule has 1 saturated carbocycles. The predicted molar refractivity (Wildman–Crippen MR) is 81.7 cm³/mol. The molecule has 0 radical (unpaired) electrons. The molecule has 3 atom stereocenters. The Bertz CT molecular complexity index is 280. The number of rotatable bonds is 6. The summed E-state index contributed by atoms with van der Waals surface area (Å²) in [5.41, 5.74) is 0. The molecule has 3 unspecified atom stereocenters. The number of hydrogen-bond acceptors (Lipinski definition) is 4. The number of methoxy groups -OCH3 is 2. The molecule has 1 aliphatic carbocycles. The molecule has 1 heterocycles. The highest BCUT2D eigenvalue weighted by Crippen LogP contribution is 2.36. The molecule has 0 amide bonds. The smallest absolute Gasteiger partial charge is 0.171 e. The maximum Gasteiger partial charge on any atom is 0.171 e. The third-order valence-corrected chi connectivity index (χ3v) is 5.16. The van der Waals surface area contributed by atoms with Crippen LogP contribution in [0.15, 0.2) is 0 Å². The van der Waals surface area contributed by atoms with Crippen molar-refractivity contribution in [2.24, 2.45) is 11.8 Å². The molecule has 1 aliphatic heterocycles. The molecule has 2 rings (SSSR count). The van der Waals surface area contributed by atoms with E-state index in [2.05, 4.69) is 31.0 Å². The van der Waals surface area contributed by atoms with Gasteiger partial charge in [0.1, 0.15) is 0 Å². The van der Waals surface area contributed by atoms with Crippen LogP contribution in [0.4, 0.5) is 0 Å². The zero-order chi connectivity index (χ0) is 14.7. The lowest BCUT2D eigenvalue weighted by atomic mass is 9.73. The molecule has 4 nitrogen and oxygen atoms in total. The summed E-state index contributed by atoms with van der Waals surface area (Å²) in [6.45, 7) is 9.28. The van der Waals surface area contributed by atoms with E-state index < -0.39 is 0 Å². The summed E-state index contributed by atoms with van der Waals surface area (Å²) in [6, 6.07) is 1.53. The SMILES string of the molecule is COC(OC)C(C)NC1C2CCCC1CN(C(C)C)C2. The first kappa shape index (κ1) is 16.2. The van der Waals surface area contributed by atoms with Crippen molar-refractivity contribution in [2.45, 2.75) is 64.4 Å². The Hall–Kier alpha value is -0.160. The van der Waals surface area contributed by atoms with Crippen LogP contribution in [0.1, 0.15) is 40.0 Å². The van der Waals surface area contributed by atoms with Gasteiger partial charge in [-0.05, 0) is 45.4 Å². The summed E-state index contributed by atoms with van der Waals surface area (Å²) < 4.78 is 10.8. The normalized spacial score (nSPS) is 32.9. The first-order valence-corrected chi connectivity index (χ1v) is 8.12. The van der Waals surface area contributed by atoms with Crippen LogP contribution in [-0.4, -0.2) is 56.6 Å². The van der Waals surface area contributed by atoms with Crippen molar-refractivity contribution in [3.05, 3.63) is 0 Å². The molecule has 118 valence electrons. The summed E-state index contributed by atoms with van der Waals surface area (Å²) in [4.78, 5) is 2.65. The highest BCUT2D eigenvalue weighted by molar-refractivity contribution is 4.96. The second-order valence-corrected chi connectivity index (χ2v) is 6.82. The van der Waals surface area contributed by atoms with E-state index in [1.54, 1.807) is 14.2 Å². The highest BCUT2D eigenvalue weighted by atomic mass is 16.7. The molecule has 0 spiro atoms. The van der Waals surface area contributed by atoms with Gasteiger partial charge in [-0.1, -0.05) is 6.42 Å². The molecular formula is C16H32N2O2. The largest absolute Gasteiger partial charge is 0.354 e. The Labute approximate surface area is 124 Å². The Morgan fingerprint density at radius 2 is 1.55 bits per heavy atom. The standard InChI is InChI=1S/C16H32N2O2/c1-11(2)18-9-13-7-6-8-14(10-18)15(13)17-12(3)16(19-4)20-5/h11-17H,6-10H2,1-5H3. The molecule has 2 aliphatic rings. The van der Waals surface area contributed by atoms with Crippen LogP contribution in [0.5, 0.6) is 0 Å². The molecule has 0 aromatic heterocycles. The number of hydrogen-bond donors (Lipinski definition) is 1. The Morgan fingerprint density at radius 1 is 1.00 bits per heavy atom. The zero-order valence-corrected chi connectivity index (χ0v) is 13.8. The number of piperidine rings is 1.